The second kappa shape index (κ2) is 16.6. The predicted molar refractivity (Wildman–Crippen MR) is 307 cm³/mol. The van der Waals surface area contributed by atoms with Crippen molar-refractivity contribution in [3.8, 4) is 44.5 Å². The van der Waals surface area contributed by atoms with E-state index in [4.69, 9.17) is 0 Å². The fraction of sp³-hybridized carbons (Fsp3) is 0.0141. The van der Waals surface area contributed by atoms with Gasteiger partial charge in [-0.05, 0) is 215 Å². The molecule has 14 aromatic rings. The highest BCUT2D eigenvalue weighted by molar-refractivity contribution is 6.18. The molecule has 14 aromatic carbocycles. The Morgan fingerprint density at radius 1 is 0.225 bits per heavy atom. The van der Waals surface area contributed by atoms with Crippen LogP contribution in [0, 0.1) is 0 Å². The van der Waals surface area contributed by atoms with Gasteiger partial charge >= 0.3 is 0 Å². The quantitative estimate of drug-likeness (QED) is 0.146. The highest BCUT2D eigenvalue weighted by Gasteiger charge is 2.21. The first-order valence-corrected chi connectivity index (χ1v) is 24.8. The van der Waals surface area contributed by atoms with Gasteiger partial charge in [0.05, 0.1) is 0 Å². The maximum Gasteiger partial charge on any atom is -0.00264 e. The molecule has 0 aliphatic heterocycles. The second-order valence-electron chi connectivity index (χ2n) is 19.1. The first-order valence-electron chi connectivity index (χ1n) is 24.8. The van der Waals surface area contributed by atoms with Crippen molar-refractivity contribution in [3.63, 3.8) is 0 Å². The minimum absolute atomic E-state index is 1.17. The Morgan fingerprint density at radius 3 is 0.592 bits per heavy atom. The Hall–Kier alpha value is -9.10. The van der Waals surface area contributed by atoms with Crippen molar-refractivity contribution in [1.29, 1.82) is 0 Å². The molecule has 0 aromatic heterocycles. The summed E-state index contributed by atoms with van der Waals surface area (Å²) in [6, 6.07) is 95.3. The minimum atomic E-state index is 1.17. The number of rotatable bonds is 6. The van der Waals surface area contributed by atoms with Gasteiger partial charge in [-0.3, -0.25) is 0 Å². The van der Waals surface area contributed by atoms with Crippen LogP contribution < -0.4 is 0 Å². The second-order valence-corrected chi connectivity index (χ2v) is 19.1. The maximum absolute atomic E-state index is 2.47. The van der Waals surface area contributed by atoms with Gasteiger partial charge in [-0.15, -0.1) is 0 Å². The van der Waals surface area contributed by atoms with Crippen LogP contribution in [-0.4, -0.2) is 0 Å². The highest BCUT2D eigenvalue weighted by Crippen LogP contribution is 2.47. The number of fused-ring (bicyclic) bond motifs is 8. The van der Waals surface area contributed by atoms with Crippen LogP contribution in [0.25, 0.3) is 136 Å². The van der Waals surface area contributed by atoms with Gasteiger partial charge in [-0.25, -0.2) is 0 Å². The third-order valence-corrected chi connectivity index (χ3v) is 15.0. The van der Waals surface area contributed by atoms with Crippen molar-refractivity contribution in [3.05, 3.63) is 272 Å². The van der Waals surface area contributed by atoms with Crippen molar-refractivity contribution in [2.75, 3.05) is 0 Å². The van der Waals surface area contributed by atoms with E-state index in [1.807, 2.05) is 0 Å². The number of allylic oxidation sites excluding steroid dienone is 1. The summed E-state index contributed by atoms with van der Waals surface area (Å²) in [7, 11) is 0. The molecule has 0 N–H and O–H groups in total. The standard InChI is InChI=1S/C71H46/c1-2-59(53-39-55(68-60-27-11-3-19-45(60)35-46-20-4-12-28-61(46)68)43-56(40-53)69-62-29-13-5-21-47(62)36-48-22-6-14-30-63(48)69)54-41-57(70-64-31-15-7-23-49(64)37-50-24-8-16-32-65(50)70)44-58(42-54)71-66-33-17-9-25-51(66)38-52-26-10-18-34-67(52)71/h2-44H,1H3. The smallest absolute Gasteiger partial charge is 0.00264 e. The van der Waals surface area contributed by atoms with Crippen LogP contribution in [0.2, 0.25) is 0 Å². The third kappa shape index (κ3) is 6.75. The molecule has 0 aliphatic carbocycles. The fourth-order valence-corrected chi connectivity index (χ4v) is 11.9. The molecule has 0 bridgehead atoms. The lowest BCUT2D eigenvalue weighted by atomic mass is 9.83. The fourth-order valence-electron chi connectivity index (χ4n) is 11.9. The van der Waals surface area contributed by atoms with E-state index in [-0.39, 0.29) is 0 Å². The molecule has 0 radical (unpaired) electrons. The van der Waals surface area contributed by atoms with Crippen molar-refractivity contribution in [2.45, 2.75) is 6.92 Å². The lowest BCUT2D eigenvalue weighted by Gasteiger charge is -2.21. The Balaban J connectivity index is 1.11. The zero-order valence-electron chi connectivity index (χ0n) is 39.3. The zero-order chi connectivity index (χ0) is 47.0. The summed E-state index contributed by atoms with van der Waals surface area (Å²) in [5.41, 5.74) is 13.3. The molecule has 0 heterocycles. The van der Waals surface area contributed by atoms with Gasteiger partial charge in [0.2, 0.25) is 0 Å². The van der Waals surface area contributed by atoms with Gasteiger partial charge in [-0.2, -0.15) is 0 Å². The lowest BCUT2D eigenvalue weighted by Crippen LogP contribution is -1.96. The van der Waals surface area contributed by atoms with E-state index >= 15 is 0 Å². The molecule has 330 valence electrons. The Labute approximate surface area is 413 Å². The predicted octanol–water partition coefficient (Wildman–Crippen LogP) is 20.0. The summed E-state index contributed by atoms with van der Waals surface area (Å²) in [6.07, 6.45) is 2.34. The normalized spacial score (nSPS) is 11.7. The van der Waals surface area contributed by atoms with Gasteiger partial charge in [-0.1, -0.05) is 200 Å². The summed E-state index contributed by atoms with van der Waals surface area (Å²) in [4.78, 5) is 0. The van der Waals surface area contributed by atoms with Crippen molar-refractivity contribution < 1.29 is 0 Å². The number of hydrogen-bond donors (Lipinski definition) is 0. The molecule has 0 spiro atoms. The first kappa shape index (κ1) is 40.9. The average molecular weight is 899 g/mol. The monoisotopic (exact) mass is 898 g/mol. The van der Waals surface area contributed by atoms with Gasteiger partial charge < -0.3 is 0 Å². The molecule has 0 saturated heterocycles. The summed E-state index contributed by atoms with van der Waals surface area (Å²) in [6.45, 7) is 2.22. The summed E-state index contributed by atoms with van der Waals surface area (Å²) < 4.78 is 0. The molecule has 0 atom stereocenters. The Bertz CT molecular complexity index is 3750. The van der Waals surface area contributed by atoms with Gasteiger partial charge in [0, 0.05) is 0 Å². The molecule has 71 heavy (non-hydrogen) atoms. The SMILES string of the molecule is CC=C(c1cc(-c2c3ccccc3cc3ccccc23)cc(-c2c3ccccc3cc3ccccc23)c1)c1cc(-c2c3ccccc3cc3ccccc23)cc(-c2c3ccccc3cc3ccccc23)c1. The van der Waals surface area contributed by atoms with E-state index in [2.05, 4.69) is 268 Å². The van der Waals surface area contributed by atoms with Gasteiger partial charge in [0.15, 0.2) is 0 Å². The van der Waals surface area contributed by atoms with Crippen LogP contribution in [0.5, 0.6) is 0 Å². The molecular weight excluding hydrogens is 853 g/mol. The molecule has 0 unspecified atom stereocenters. The summed E-state index contributed by atoms with van der Waals surface area (Å²) >= 11 is 0. The third-order valence-electron chi connectivity index (χ3n) is 15.0. The molecule has 0 fully saturated rings. The zero-order valence-corrected chi connectivity index (χ0v) is 39.3. The van der Waals surface area contributed by atoms with Crippen molar-refractivity contribution in [2.24, 2.45) is 0 Å². The summed E-state index contributed by atoms with van der Waals surface area (Å²) in [5.74, 6) is 0. The van der Waals surface area contributed by atoms with E-state index in [0.717, 1.165) is 0 Å². The number of hydrogen-bond acceptors (Lipinski definition) is 0. The molecule has 0 saturated carbocycles. The Kier molecular flexibility index (Phi) is 9.54. The molecule has 14 rings (SSSR count). The van der Waals surface area contributed by atoms with Crippen LogP contribution in [-0.2, 0) is 0 Å². The largest absolute Gasteiger partial charge is 0.0792 e. The van der Waals surface area contributed by atoms with Crippen LogP contribution >= 0.6 is 0 Å². The van der Waals surface area contributed by atoms with Crippen molar-refractivity contribution in [1.82, 2.24) is 0 Å². The van der Waals surface area contributed by atoms with Gasteiger partial charge in [0.1, 0.15) is 0 Å². The van der Waals surface area contributed by atoms with Gasteiger partial charge in [0.25, 0.3) is 0 Å². The van der Waals surface area contributed by atoms with E-state index in [0.29, 0.717) is 0 Å². The lowest BCUT2D eigenvalue weighted by molar-refractivity contribution is 1.52. The van der Waals surface area contributed by atoms with E-state index in [1.165, 1.54) is 147 Å². The van der Waals surface area contributed by atoms with Crippen LogP contribution in [0.1, 0.15) is 18.1 Å². The van der Waals surface area contributed by atoms with E-state index in [9.17, 15) is 0 Å². The maximum atomic E-state index is 2.47. The van der Waals surface area contributed by atoms with Crippen LogP contribution in [0.15, 0.2) is 261 Å². The molecular formula is C71H46. The van der Waals surface area contributed by atoms with Crippen molar-refractivity contribution >= 4 is 91.8 Å². The Morgan fingerprint density at radius 2 is 0.408 bits per heavy atom. The first-order chi connectivity index (χ1) is 35.1. The number of benzene rings is 14. The molecule has 0 amide bonds. The topological polar surface area (TPSA) is 0 Å². The molecule has 0 nitrogen and oxygen atoms in total. The minimum Gasteiger partial charge on any atom is -0.0792 e. The highest BCUT2D eigenvalue weighted by atomic mass is 14.2. The molecule has 0 heteroatoms. The molecule has 0 aliphatic rings. The van der Waals surface area contributed by atoms with E-state index < -0.39 is 0 Å². The van der Waals surface area contributed by atoms with Crippen LogP contribution in [0.4, 0.5) is 0 Å². The average Bonchev–Trinajstić information content (AvgIpc) is 3.42. The van der Waals surface area contributed by atoms with E-state index in [1.54, 1.807) is 0 Å². The summed E-state index contributed by atoms with van der Waals surface area (Å²) in [5, 5.41) is 19.8. The van der Waals surface area contributed by atoms with Crippen LogP contribution in [0.3, 0.4) is 0 Å².